The number of fused-ring (bicyclic) bond motifs is 1. The molecule has 2 heterocycles. The molecule has 3 atom stereocenters. The Morgan fingerprint density at radius 3 is 2.61 bits per heavy atom. The molecule has 0 fully saturated rings. The van der Waals surface area contributed by atoms with Crippen LogP contribution < -0.4 is 15.8 Å². The van der Waals surface area contributed by atoms with Crippen LogP contribution in [0.4, 0.5) is 22.2 Å². The molecule has 0 bridgehead atoms. The van der Waals surface area contributed by atoms with Gasteiger partial charge in [0.2, 0.25) is 5.95 Å². The molecule has 1 aliphatic rings. The number of aliphatic hydroxyl groups is 2. The van der Waals surface area contributed by atoms with Crippen molar-refractivity contribution >= 4 is 29.9 Å². The Morgan fingerprint density at radius 1 is 1.43 bits per heavy atom. The maximum atomic E-state index is 12.8. The van der Waals surface area contributed by atoms with Gasteiger partial charge in [-0.1, -0.05) is 0 Å². The van der Waals surface area contributed by atoms with Crippen LogP contribution >= 0.6 is 0 Å². The Bertz CT molecular complexity index is 798. The summed E-state index contributed by atoms with van der Waals surface area (Å²) in [5, 5.41) is 23.2. The largest absolute Gasteiger partial charge is 0.443 e. The number of nitrogens with zero attached hydrogens (tertiary/aromatic N) is 4. The van der Waals surface area contributed by atoms with Crippen molar-refractivity contribution in [3.63, 3.8) is 0 Å². The first kappa shape index (κ1) is 21.6. The Labute approximate surface area is 163 Å². The van der Waals surface area contributed by atoms with E-state index < -0.39 is 35.5 Å². The predicted molar refractivity (Wildman–Crippen MR) is 105 cm³/mol. The zero-order valence-electron chi connectivity index (χ0n) is 16.9. The van der Waals surface area contributed by atoms with Gasteiger partial charge in [-0.3, -0.25) is 9.69 Å². The number of hydrogen-bond acceptors (Lipinski definition) is 8. The molecule has 4 N–H and O–H groups in total. The molecular formula is C17H28N6O5. The Kier molecular flexibility index (Phi) is 6.30. The molecule has 11 heteroatoms. The van der Waals surface area contributed by atoms with Gasteiger partial charge in [0.05, 0.1) is 18.5 Å². The summed E-state index contributed by atoms with van der Waals surface area (Å²) >= 11 is 0. The van der Waals surface area contributed by atoms with Crippen LogP contribution in [0.1, 0.15) is 27.7 Å². The molecule has 0 radical (unpaired) electrons. The van der Waals surface area contributed by atoms with E-state index in [9.17, 15) is 19.8 Å². The minimum Gasteiger partial charge on any atom is -0.443 e. The highest BCUT2D eigenvalue weighted by molar-refractivity contribution is 5.93. The Morgan fingerprint density at radius 2 is 2.07 bits per heavy atom. The molecule has 2 rings (SSSR count). The lowest BCUT2D eigenvalue weighted by molar-refractivity contribution is 0.00978. The van der Waals surface area contributed by atoms with Crippen LogP contribution in [0.5, 0.6) is 0 Å². The van der Waals surface area contributed by atoms with Gasteiger partial charge >= 0.3 is 11.7 Å². The van der Waals surface area contributed by atoms with E-state index in [1.54, 1.807) is 39.8 Å². The van der Waals surface area contributed by atoms with E-state index in [2.05, 4.69) is 20.3 Å². The van der Waals surface area contributed by atoms with Crippen LogP contribution in [0.25, 0.3) is 0 Å². The number of ether oxygens (including phenoxy) is 1. The second-order valence-electron chi connectivity index (χ2n) is 7.83. The molecule has 0 aromatic carbocycles. The topological polar surface area (TPSA) is 143 Å². The molecule has 0 saturated carbocycles. The molecule has 11 nitrogen and oxygen atoms in total. The highest BCUT2D eigenvalue weighted by Crippen LogP contribution is 2.30. The van der Waals surface area contributed by atoms with E-state index in [1.165, 1.54) is 13.3 Å². The summed E-state index contributed by atoms with van der Waals surface area (Å²) in [5.74, 6) is 0.287. The van der Waals surface area contributed by atoms with E-state index in [0.29, 0.717) is 0 Å². The third-order valence-electron chi connectivity index (χ3n) is 3.83. The smallest absolute Gasteiger partial charge is 0.415 e. The van der Waals surface area contributed by atoms with Crippen molar-refractivity contribution < 1.29 is 19.7 Å². The molecule has 3 unspecified atom stereocenters. The van der Waals surface area contributed by atoms with Gasteiger partial charge in [-0.2, -0.15) is 4.98 Å². The average molecular weight is 396 g/mol. The van der Waals surface area contributed by atoms with Crippen molar-refractivity contribution in [1.82, 2.24) is 14.9 Å². The van der Waals surface area contributed by atoms with Crippen molar-refractivity contribution in [2.45, 2.75) is 51.5 Å². The number of carbonyl (C=O) groups excluding carboxylic acids is 1. The zero-order valence-corrected chi connectivity index (χ0v) is 16.9. The second-order valence-corrected chi connectivity index (χ2v) is 7.83. The molecule has 1 aliphatic heterocycles. The highest BCUT2D eigenvalue weighted by Gasteiger charge is 2.41. The number of aromatic nitrogens is 2. The number of anilines is 2. The molecule has 0 spiro atoms. The number of carbonyl (C=O) groups is 1. The van der Waals surface area contributed by atoms with Gasteiger partial charge in [0, 0.05) is 20.6 Å². The average Bonchev–Trinajstić information content (AvgIpc) is 2.56. The predicted octanol–water partition coefficient (Wildman–Crippen LogP) is 0.269. The van der Waals surface area contributed by atoms with Crippen LogP contribution in [0.15, 0.2) is 9.79 Å². The zero-order chi connectivity index (χ0) is 21.2. The lowest BCUT2D eigenvalue weighted by Gasteiger charge is -2.40. The molecule has 0 saturated heterocycles. The summed E-state index contributed by atoms with van der Waals surface area (Å²) in [6.45, 7) is 6.55. The highest BCUT2D eigenvalue weighted by atomic mass is 16.6. The number of aliphatic hydroxyl groups excluding tert-OH is 2. The van der Waals surface area contributed by atoms with E-state index in [4.69, 9.17) is 4.74 Å². The summed E-state index contributed by atoms with van der Waals surface area (Å²) < 4.78 is 5.41. The third-order valence-corrected chi connectivity index (χ3v) is 3.83. The molecule has 156 valence electrons. The maximum absolute atomic E-state index is 12.8. The first-order chi connectivity index (χ1) is 12.9. The van der Waals surface area contributed by atoms with E-state index in [1.807, 2.05) is 0 Å². The number of hydrogen-bond donors (Lipinski definition) is 4. The summed E-state index contributed by atoms with van der Waals surface area (Å²) in [6.07, 6.45) is -1.79. The van der Waals surface area contributed by atoms with E-state index in [-0.39, 0.29) is 24.0 Å². The maximum Gasteiger partial charge on any atom is 0.415 e. The van der Waals surface area contributed by atoms with Gasteiger partial charge in [-0.25, -0.2) is 9.79 Å². The fourth-order valence-electron chi connectivity index (χ4n) is 2.63. The van der Waals surface area contributed by atoms with E-state index >= 15 is 0 Å². The van der Waals surface area contributed by atoms with Crippen LogP contribution in [-0.4, -0.2) is 82.0 Å². The van der Waals surface area contributed by atoms with Crippen molar-refractivity contribution in [3.8, 4) is 0 Å². The molecular weight excluding hydrogens is 368 g/mol. The number of rotatable bonds is 4. The first-order valence-corrected chi connectivity index (χ1v) is 8.88. The van der Waals surface area contributed by atoms with Gasteiger partial charge in [0.15, 0.2) is 5.69 Å². The minimum absolute atomic E-state index is 0.0589. The Balaban J connectivity index is 2.53. The SMILES string of the molecule is CC(O)C(O)C1CNc2[nH]c(/N=C/N(C)C)nc(=O)c2N1C(=O)OC(C)(C)C. The first-order valence-electron chi connectivity index (χ1n) is 8.88. The summed E-state index contributed by atoms with van der Waals surface area (Å²) in [5.41, 5.74) is -1.65. The van der Waals surface area contributed by atoms with E-state index in [0.717, 1.165) is 4.90 Å². The summed E-state index contributed by atoms with van der Waals surface area (Å²) in [7, 11) is 3.54. The van der Waals surface area contributed by atoms with Crippen molar-refractivity contribution in [2.75, 3.05) is 30.9 Å². The monoisotopic (exact) mass is 396 g/mol. The van der Waals surface area contributed by atoms with Gasteiger partial charge in [-0.15, -0.1) is 0 Å². The number of amides is 1. The normalized spacial score (nSPS) is 19.0. The number of nitrogens with one attached hydrogen (secondary N) is 2. The van der Waals surface area contributed by atoms with Crippen LogP contribution in [0.2, 0.25) is 0 Å². The number of aromatic amines is 1. The molecule has 28 heavy (non-hydrogen) atoms. The molecule has 0 aliphatic carbocycles. The minimum atomic E-state index is -1.31. The van der Waals surface area contributed by atoms with Gasteiger partial charge in [-0.05, 0) is 27.7 Å². The van der Waals surface area contributed by atoms with Gasteiger partial charge < -0.3 is 30.2 Å². The standard InChI is InChI=1S/C17H28N6O5/c1-9(24)12(25)10-7-18-13-11(23(10)16(27)28-17(2,3)4)14(26)21-15(20-13)19-8-22(5)6/h8-10,12,24-25H,7H2,1-6H3,(H2,18,20,21,26)/b19-8+. The quantitative estimate of drug-likeness (QED) is 0.419. The van der Waals surface area contributed by atoms with Crippen LogP contribution in [0, 0.1) is 0 Å². The molecule has 1 amide bonds. The third kappa shape index (κ3) is 4.98. The lowest BCUT2D eigenvalue weighted by Crippen LogP contribution is -2.58. The Hall–Kier alpha value is -2.66. The fourth-order valence-corrected chi connectivity index (χ4v) is 2.63. The fraction of sp³-hybridized carbons (Fsp3) is 0.647. The van der Waals surface area contributed by atoms with Gasteiger partial charge in [0.1, 0.15) is 17.5 Å². The molecule has 1 aromatic rings. The second kappa shape index (κ2) is 8.15. The van der Waals surface area contributed by atoms with Crippen molar-refractivity contribution in [2.24, 2.45) is 4.99 Å². The lowest BCUT2D eigenvalue weighted by atomic mass is 10.0. The number of H-pyrrole nitrogens is 1. The molecule has 1 aromatic heterocycles. The van der Waals surface area contributed by atoms with Crippen molar-refractivity contribution in [3.05, 3.63) is 10.4 Å². The summed E-state index contributed by atoms with van der Waals surface area (Å²) in [6, 6.07) is -0.929. The van der Waals surface area contributed by atoms with Crippen molar-refractivity contribution in [1.29, 1.82) is 0 Å². The summed E-state index contributed by atoms with van der Waals surface area (Å²) in [4.78, 5) is 39.0. The van der Waals surface area contributed by atoms with Crippen LogP contribution in [0.3, 0.4) is 0 Å². The number of aliphatic imine (C=N–C) groups is 1. The van der Waals surface area contributed by atoms with Crippen LogP contribution in [-0.2, 0) is 4.74 Å². The van der Waals surface area contributed by atoms with Gasteiger partial charge in [0.25, 0.3) is 0 Å².